The summed E-state index contributed by atoms with van der Waals surface area (Å²) in [5, 5.41) is 4.08. The fourth-order valence-electron chi connectivity index (χ4n) is 2.49. The van der Waals surface area contributed by atoms with Crippen molar-refractivity contribution in [1.29, 1.82) is 0 Å². The summed E-state index contributed by atoms with van der Waals surface area (Å²) in [5.41, 5.74) is 0.454. The molecule has 0 spiro atoms. The quantitative estimate of drug-likeness (QED) is 0.830. The van der Waals surface area contributed by atoms with Crippen molar-refractivity contribution in [3.8, 4) is 0 Å². The van der Waals surface area contributed by atoms with Gasteiger partial charge in [0.15, 0.2) is 15.1 Å². The van der Waals surface area contributed by atoms with Crippen LogP contribution in [0.1, 0.15) is 6.42 Å². The van der Waals surface area contributed by atoms with Gasteiger partial charge >= 0.3 is 0 Å². The van der Waals surface area contributed by atoms with E-state index in [0.717, 1.165) is 0 Å². The summed E-state index contributed by atoms with van der Waals surface area (Å²) in [6.45, 7) is 0. The fourth-order valence-corrected chi connectivity index (χ4v) is 4.54. The Morgan fingerprint density at radius 2 is 1.88 bits per heavy atom. The van der Waals surface area contributed by atoms with Crippen molar-refractivity contribution in [1.82, 2.24) is 0 Å². The van der Waals surface area contributed by atoms with Gasteiger partial charge < -0.3 is 10.6 Å². The molecule has 0 aliphatic carbocycles. The molecule has 1 atom stereocenters. The summed E-state index contributed by atoms with van der Waals surface area (Å²) in [5.74, 6) is -1.40. The largest absolute Gasteiger partial charge is 0.325 e. The average molecular weight is 399 g/mol. The standard InChI is InChI=1S/C16H12Cl2N2O4S/c17-9-5-6-10(18)12(7-9)19-15(21)8-14-16(22)20-11-3-1-2-4-13(11)25(14,23)24/h1-7,14H,8H2,(H,19,21)(H,20,22)/t14-/m1/s1. The van der Waals surface area contributed by atoms with Gasteiger partial charge in [-0.05, 0) is 30.3 Å². The van der Waals surface area contributed by atoms with Crippen LogP contribution >= 0.6 is 23.2 Å². The van der Waals surface area contributed by atoms with Crippen molar-refractivity contribution >= 4 is 56.2 Å². The van der Waals surface area contributed by atoms with Gasteiger partial charge in [0.2, 0.25) is 11.8 Å². The number of hydrogen-bond acceptors (Lipinski definition) is 4. The first-order valence-corrected chi connectivity index (χ1v) is 9.48. The number of para-hydroxylation sites is 1. The normalized spacial score (nSPS) is 18.2. The smallest absolute Gasteiger partial charge is 0.243 e. The molecule has 0 bridgehead atoms. The van der Waals surface area contributed by atoms with Crippen LogP contribution in [-0.4, -0.2) is 25.5 Å². The summed E-state index contributed by atoms with van der Waals surface area (Å²) in [4.78, 5) is 24.4. The Kier molecular flexibility index (Phi) is 4.73. The molecule has 0 radical (unpaired) electrons. The molecule has 1 aliphatic rings. The zero-order chi connectivity index (χ0) is 18.2. The Morgan fingerprint density at radius 3 is 2.64 bits per heavy atom. The second-order valence-electron chi connectivity index (χ2n) is 5.40. The van der Waals surface area contributed by atoms with E-state index in [0.29, 0.717) is 5.02 Å². The molecule has 9 heteroatoms. The summed E-state index contributed by atoms with van der Waals surface area (Å²) < 4.78 is 25.3. The van der Waals surface area contributed by atoms with E-state index >= 15 is 0 Å². The summed E-state index contributed by atoms with van der Waals surface area (Å²) in [6, 6.07) is 10.5. The zero-order valence-electron chi connectivity index (χ0n) is 12.6. The maximum atomic E-state index is 12.6. The second kappa shape index (κ2) is 6.67. The van der Waals surface area contributed by atoms with Crippen molar-refractivity contribution in [2.75, 3.05) is 10.6 Å². The number of hydrogen-bond donors (Lipinski definition) is 2. The van der Waals surface area contributed by atoms with E-state index in [1.54, 1.807) is 18.2 Å². The SMILES string of the molecule is O=C(C[C@@H]1C(=O)Nc2ccccc2S1(=O)=O)Nc1cc(Cl)ccc1Cl. The molecule has 25 heavy (non-hydrogen) atoms. The van der Waals surface area contributed by atoms with E-state index in [9.17, 15) is 18.0 Å². The Labute approximate surface area is 154 Å². The number of nitrogens with one attached hydrogen (secondary N) is 2. The van der Waals surface area contributed by atoms with Crippen LogP contribution in [-0.2, 0) is 19.4 Å². The fraction of sp³-hybridized carbons (Fsp3) is 0.125. The number of anilines is 2. The Bertz CT molecular complexity index is 976. The van der Waals surface area contributed by atoms with Gasteiger partial charge in [-0.15, -0.1) is 0 Å². The van der Waals surface area contributed by atoms with Crippen molar-refractivity contribution < 1.29 is 18.0 Å². The van der Waals surface area contributed by atoms with E-state index in [4.69, 9.17) is 23.2 Å². The minimum absolute atomic E-state index is 0.00631. The van der Waals surface area contributed by atoms with Crippen LogP contribution in [0, 0.1) is 0 Å². The minimum atomic E-state index is -3.97. The lowest BCUT2D eigenvalue weighted by atomic mass is 10.2. The lowest BCUT2D eigenvalue weighted by molar-refractivity contribution is -0.121. The van der Waals surface area contributed by atoms with Crippen molar-refractivity contribution in [2.24, 2.45) is 0 Å². The molecule has 1 aliphatic heterocycles. The Morgan fingerprint density at radius 1 is 1.16 bits per heavy atom. The Hall–Kier alpha value is -2.09. The summed E-state index contributed by atoms with van der Waals surface area (Å²) in [7, 11) is -3.97. The van der Waals surface area contributed by atoms with E-state index in [-0.39, 0.29) is 21.3 Å². The summed E-state index contributed by atoms with van der Waals surface area (Å²) >= 11 is 11.8. The number of carbonyl (C=O) groups is 2. The number of fused-ring (bicyclic) bond motifs is 1. The van der Waals surface area contributed by atoms with Crippen molar-refractivity contribution in [2.45, 2.75) is 16.6 Å². The van der Waals surface area contributed by atoms with E-state index in [2.05, 4.69) is 10.6 Å². The lowest BCUT2D eigenvalue weighted by Crippen LogP contribution is -2.42. The van der Waals surface area contributed by atoms with E-state index in [1.165, 1.54) is 24.3 Å². The number of benzene rings is 2. The van der Waals surface area contributed by atoms with Gasteiger partial charge in [0.05, 0.1) is 27.7 Å². The highest BCUT2D eigenvalue weighted by Gasteiger charge is 2.41. The second-order valence-corrected chi connectivity index (χ2v) is 8.34. The van der Waals surface area contributed by atoms with Crippen LogP contribution in [0.4, 0.5) is 11.4 Å². The van der Waals surface area contributed by atoms with Gasteiger partial charge in [-0.3, -0.25) is 9.59 Å². The third kappa shape index (κ3) is 3.49. The molecular weight excluding hydrogens is 387 g/mol. The van der Waals surface area contributed by atoms with Gasteiger partial charge in [0.1, 0.15) is 0 Å². The zero-order valence-corrected chi connectivity index (χ0v) is 15.0. The van der Waals surface area contributed by atoms with Crippen molar-refractivity contribution in [3.05, 3.63) is 52.5 Å². The first-order valence-electron chi connectivity index (χ1n) is 7.18. The van der Waals surface area contributed by atoms with Gasteiger partial charge in [-0.2, -0.15) is 0 Å². The molecule has 130 valence electrons. The topological polar surface area (TPSA) is 92.3 Å². The highest BCUT2D eigenvalue weighted by atomic mass is 35.5. The third-order valence-electron chi connectivity index (χ3n) is 3.69. The molecule has 2 aromatic rings. The molecule has 1 heterocycles. The van der Waals surface area contributed by atoms with Crippen LogP contribution in [0.3, 0.4) is 0 Å². The number of amides is 2. The molecular formula is C16H12Cl2N2O4S. The molecule has 0 saturated carbocycles. The first kappa shape index (κ1) is 17.7. The van der Waals surface area contributed by atoms with Crippen LogP contribution in [0.25, 0.3) is 0 Å². The number of sulfone groups is 1. The molecule has 0 saturated heterocycles. The van der Waals surface area contributed by atoms with E-state index < -0.39 is 33.3 Å². The molecule has 0 unspecified atom stereocenters. The maximum Gasteiger partial charge on any atom is 0.243 e. The molecule has 0 aromatic heterocycles. The third-order valence-corrected chi connectivity index (χ3v) is 6.36. The number of carbonyl (C=O) groups excluding carboxylic acids is 2. The van der Waals surface area contributed by atoms with Crippen LogP contribution in [0.15, 0.2) is 47.4 Å². The summed E-state index contributed by atoms with van der Waals surface area (Å²) in [6.07, 6.45) is -0.536. The van der Waals surface area contributed by atoms with Crippen molar-refractivity contribution in [3.63, 3.8) is 0 Å². The Balaban J connectivity index is 1.84. The number of rotatable bonds is 3. The average Bonchev–Trinajstić information content (AvgIpc) is 2.55. The maximum absolute atomic E-state index is 12.6. The lowest BCUT2D eigenvalue weighted by Gasteiger charge is -2.24. The molecule has 6 nitrogen and oxygen atoms in total. The predicted octanol–water partition coefficient (Wildman–Crippen LogP) is 3.12. The predicted molar refractivity (Wildman–Crippen MR) is 95.8 cm³/mol. The molecule has 2 amide bonds. The first-order chi connectivity index (χ1) is 11.8. The molecule has 2 N–H and O–H groups in total. The molecule has 0 fully saturated rings. The highest BCUT2D eigenvalue weighted by molar-refractivity contribution is 7.93. The molecule has 3 rings (SSSR count). The van der Waals surface area contributed by atoms with Gasteiger partial charge in [-0.1, -0.05) is 35.3 Å². The van der Waals surface area contributed by atoms with Gasteiger partial charge in [-0.25, -0.2) is 8.42 Å². The number of halogens is 2. The van der Waals surface area contributed by atoms with Gasteiger partial charge in [0.25, 0.3) is 0 Å². The highest BCUT2D eigenvalue weighted by Crippen LogP contribution is 2.32. The monoisotopic (exact) mass is 398 g/mol. The van der Waals surface area contributed by atoms with Crippen LogP contribution in [0.2, 0.25) is 10.0 Å². The van der Waals surface area contributed by atoms with E-state index in [1.807, 2.05) is 0 Å². The van der Waals surface area contributed by atoms with Crippen LogP contribution < -0.4 is 10.6 Å². The minimum Gasteiger partial charge on any atom is -0.325 e. The van der Waals surface area contributed by atoms with Crippen LogP contribution in [0.5, 0.6) is 0 Å². The molecule has 2 aromatic carbocycles. The van der Waals surface area contributed by atoms with Gasteiger partial charge in [0, 0.05) is 5.02 Å².